The third kappa shape index (κ3) is 4.83. The van der Waals surface area contributed by atoms with Crippen molar-refractivity contribution < 1.29 is 14.3 Å². The van der Waals surface area contributed by atoms with Gasteiger partial charge in [-0.15, -0.1) is 0 Å². The SMILES string of the molecule is COc1ccc(NC(=O)N2CCC(c3c[nH]c4ccc(C(N)=O)cc34)CC2)cc1N1CCN(C)CC1. The lowest BCUT2D eigenvalue weighted by atomic mass is 9.89. The molecule has 190 valence electrons. The number of nitrogens with two attached hydrogens (primary N) is 1. The zero-order valence-electron chi connectivity index (χ0n) is 20.9. The number of carbonyl (C=O) groups is 2. The van der Waals surface area contributed by atoms with Gasteiger partial charge in [-0.25, -0.2) is 4.79 Å². The molecular formula is C27H34N6O3. The molecule has 0 radical (unpaired) electrons. The van der Waals surface area contributed by atoms with Crippen LogP contribution in [-0.4, -0.2) is 80.1 Å². The Morgan fingerprint density at radius 2 is 1.78 bits per heavy atom. The van der Waals surface area contributed by atoms with Crippen molar-refractivity contribution in [1.29, 1.82) is 0 Å². The van der Waals surface area contributed by atoms with Crippen LogP contribution in [0.25, 0.3) is 10.9 Å². The van der Waals surface area contributed by atoms with Crippen molar-refractivity contribution in [3.8, 4) is 5.75 Å². The third-order valence-electron chi connectivity index (χ3n) is 7.49. The smallest absolute Gasteiger partial charge is 0.321 e. The van der Waals surface area contributed by atoms with Gasteiger partial charge in [-0.05, 0) is 67.8 Å². The number of hydrogen-bond acceptors (Lipinski definition) is 5. The van der Waals surface area contributed by atoms with E-state index >= 15 is 0 Å². The second kappa shape index (κ2) is 10.1. The Hall–Kier alpha value is -3.72. The van der Waals surface area contributed by atoms with Gasteiger partial charge in [0.25, 0.3) is 0 Å². The number of ether oxygens (including phenoxy) is 1. The van der Waals surface area contributed by atoms with E-state index in [4.69, 9.17) is 10.5 Å². The number of nitrogens with zero attached hydrogens (tertiary/aromatic N) is 3. The molecule has 2 aliphatic heterocycles. The number of piperidine rings is 1. The molecule has 0 bridgehead atoms. The number of primary amides is 1. The molecule has 2 fully saturated rings. The Kier molecular flexibility index (Phi) is 6.73. The first-order valence-electron chi connectivity index (χ1n) is 12.5. The number of urea groups is 1. The predicted octanol–water partition coefficient (Wildman–Crippen LogP) is 3.44. The number of likely N-dealkylation sites (tertiary alicyclic amines) is 1. The fraction of sp³-hybridized carbons (Fsp3) is 0.407. The Bertz CT molecular complexity index is 1260. The van der Waals surface area contributed by atoms with Crippen molar-refractivity contribution in [2.24, 2.45) is 5.73 Å². The highest BCUT2D eigenvalue weighted by Gasteiger charge is 2.26. The molecule has 1 aromatic heterocycles. The van der Waals surface area contributed by atoms with Crippen LogP contribution in [0.2, 0.25) is 0 Å². The minimum Gasteiger partial charge on any atom is -0.495 e. The molecule has 0 saturated carbocycles. The molecule has 5 rings (SSSR count). The fourth-order valence-electron chi connectivity index (χ4n) is 5.29. The lowest BCUT2D eigenvalue weighted by Gasteiger charge is -2.35. The minimum absolute atomic E-state index is 0.0853. The number of anilines is 2. The van der Waals surface area contributed by atoms with Crippen LogP contribution in [-0.2, 0) is 0 Å². The summed E-state index contributed by atoms with van der Waals surface area (Å²) >= 11 is 0. The van der Waals surface area contributed by atoms with E-state index in [-0.39, 0.29) is 6.03 Å². The monoisotopic (exact) mass is 490 g/mol. The summed E-state index contributed by atoms with van der Waals surface area (Å²) in [5.74, 6) is 0.706. The molecule has 0 atom stereocenters. The summed E-state index contributed by atoms with van der Waals surface area (Å²) in [6, 6.07) is 11.2. The topological polar surface area (TPSA) is 107 Å². The summed E-state index contributed by atoms with van der Waals surface area (Å²) < 4.78 is 5.59. The van der Waals surface area contributed by atoms with Crippen molar-refractivity contribution in [1.82, 2.24) is 14.8 Å². The van der Waals surface area contributed by atoms with Gasteiger partial charge in [0.05, 0.1) is 12.8 Å². The Morgan fingerprint density at radius 3 is 2.47 bits per heavy atom. The molecule has 3 amide bonds. The van der Waals surface area contributed by atoms with E-state index in [1.807, 2.05) is 41.4 Å². The van der Waals surface area contributed by atoms with Gasteiger partial charge < -0.3 is 35.5 Å². The largest absolute Gasteiger partial charge is 0.495 e. The molecule has 36 heavy (non-hydrogen) atoms. The molecule has 0 aliphatic carbocycles. The van der Waals surface area contributed by atoms with Crippen LogP contribution in [0.5, 0.6) is 5.75 Å². The van der Waals surface area contributed by atoms with Crippen molar-refractivity contribution >= 4 is 34.2 Å². The lowest BCUT2D eigenvalue weighted by Crippen LogP contribution is -2.44. The summed E-state index contributed by atoms with van der Waals surface area (Å²) in [5, 5.41) is 4.12. The maximum Gasteiger partial charge on any atom is 0.321 e. The quantitative estimate of drug-likeness (QED) is 0.508. The highest BCUT2D eigenvalue weighted by Crippen LogP contribution is 2.35. The summed E-state index contributed by atoms with van der Waals surface area (Å²) in [5.41, 5.74) is 9.94. The number of H-pyrrole nitrogens is 1. The molecule has 4 N–H and O–H groups in total. The van der Waals surface area contributed by atoms with E-state index in [0.717, 1.165) is 67.0 Å². The maximum atomic E-state index is 13.1. The first-order valence-corrected chi connectivity index (χ1v) is 12.5. The number of carbonyl (C=O) groups excluding carboxylic acids is 2. The number of aromatic nitrogens is 1. The van der Waals surface area contributed by atoms with Gasteiger partial charge in [0.2, 0.25) is 5.91 Å². The van der Waals surface area contributed by atoms with Crippen LogP contribution in [0.15, 0.2) is 42.6 Å². The van der Waals surface area contributed by atoms with Crippen molar-refractivity contribution in [3.63, 3.8) is 0 Å². The highest BCUT2D eigenvalue weighted by atomic mass is 16.5. The molecule has 0 unspecified atom stereocenters. The zero-order chi connectivity index (χ0) is 25.2. The predicted molar refractivity (Wildman–Crippen MR) is 142 cm³/mol. The van der Waals surface area contributed by atoms with E-state index in [9.17, 15) is 9.59 Å². The number of aromatic amines is 1. The van der Waals surface area contributed by atoms with Gasteiger partial charge in [0.1, 0.15) is 5.75 Å². The number of benzene rings is 2. The van der Waals surface area contributed by atoms with Crippen molar-refractivity contribution in [2.45, 2.75) is 18.8 Å². The summed E-state index contributed by atoms with van der Waals surface area (Å²) in [6.45, 7) is 5.17. The third-order valence-corrected chi connectivity index (χ3v) is 7.49. The van der Waals surface area contributed by atoms with E-state index in [2.05, 4.69) is 27.1 Å². The van der Waals surface area contributed by atoms with Gasteiger partial charge in [-0.3, -0.25) is 4.79 Å². The van der Waals surface area contributed by atoms with E-state index in [1.54, 1.807) is 13.2 Å². The molecule has 2 aromatic carbocycles. The Morgan fingerprint density at radius 1 is 1.03 bits per heavy atom. The first-order chi connectivity index (χ1) is 17.4. The highest BCUT2D eigenvalue weighted by molar-refractivity contribution is 5.98. The number of likely N-dealkylation sites (N-methyl/N-ethyl adjacent to an activating group) is 1. The molecule has 9 nitrogen and oxygen atoms in total. The van der Waals surface area contributed by atoms with E-state index < -0.39 is 5.91 Å². The van der Waals surface area contributed by atoms with E-state index in [0.29, 0.717) is 24.6 Å². The minimum atomic E-state index is -0.426. The number of hydrogen-bond donors (Lipinski definition) is 3. The molecule has 3 aromatic rings. The van der Waals surface area contributed by atoms with Gasteiger partial charge in [0, 0.05) is 67.6 Å². The van der Waals surface area contributed by atoms with Gasteiger partial charge in [-0.2, -0.15) is 0 Å². The summed E-state index contributed by atoms with van der Waals surface area (Å²) in [7, 11) is 3.81. The number of nitrogens with one attached hydrogen (secondary N) is 2. The molecule has 0 spiro atoms. The van der Waals surface area contributed by atoms with Gasteiger partial charge in [-0.1, -0.05) is 0 Å². The first kappa shape index (κ1) is 24.0. The number of methoxy groups -OCH3 is 1. The maximum absolute atomic E-state index is 13.1. The van der Waals surface area contributed by atoms with Gasteiger partial charge >= 0.3 is 6.03 Å². The van der Waals surface area contributed by atoms with Crippen molar-refractivity contribution in [2.75, 3.05) is 63.6 Å². The van der Waals surface area contributed by atoms with Crippen molar-refractivity contribution in [3.05, 3.63) is 53.7 Å². The second-order valence-electron chi connectivity index (χ2n) is 9.74. The number of amides is 3. The van der Waals surface area contributed by atoms with Crippen LogP contribution < -0.4 is 20.7 Å². The standard InChI is InChI=1S/C27H34N6O3/c1-31-11-13-32(14-12-31)24-16-20(4-6-25(24)36-2)30-27(35)33-9-7-18(8-10-33)22-17-29-23-5-3-19(26(28)34)15-21(22)23/h3-6,15-18,29H,7-14H2,1-2H3,(H2,28,34)(H,30,35). The Labute approximate surface area is 211 Å². The van der Waals surface area contributed by atoms with Crippen LogP contribution in [0.1, 0.15) is 34.7 Å². The van der Waals surface area contributed by atoms with Crippen LogP contribution in [0.4, 0.5) is 16.2 Å². The van der Waals surface area contributed by atoms with Gasteiger partial charge in [0.15, 0.2) is 0 Å². The number of rotatable bonds is 5. The molecule has 3 heterocycles. The second-order valence-corrected chi connectivity index (χ2v) is 9.74. The normalized spacial score (nSPS) is 17.4. The molecule has 9 heteroatoms. The van der Waals surface area contributed by atoms with Crippen LogP contribution in [0, 0.1) is 0 Å². The number of piperazine rings is 1. The van der Waals surface area contributed by atoms with E-state index in [1.165, 1.54) is 5.56 Å². The molecular weight excluding hydrogens is 456 g/mol. The number of fused-ring (bicyclic) bond motifs is 1. The Balaban J connectivity index is 1.24. The summed E-state index contributed by atoms with van der Waals surface area (Å²) in [6.07, 6.45) is 3.74. The van der Waals surface area contributed by atoms with Crippen LogP contribution in [0.3, 0.4) is 0 Å². The summed E-state index contributed by atoms with van der Waals surface area (Å²) in [4.78, 5) is 34.5. The molecule has 2 aliphatic rings. The average molecular weight is 491 g/mol. The lowest BCUT2D eigenvalue weighted by molar-refractivity contribution is 0.100. The van der Waals surface area contributed by atoms with Crippen LogP contribution >= 0.6 is 0 Å². The fourth-order valence-corrected chi connectivity index (χ4v) is 5.29. The average Bonchev–Trinajstić information content (AvgIpc) is 3.32. The molecule has 2 saturated heterocycles. The zero-order valence-corrected chi connectivity index (χ0v) is 20.9.